The summed E-state index contributed by atoms with van der Waals surface area (Å²) in [5.41, 5.74) is 0. The molecule has 1 heterocycles. The third-order valence-corrected chi connectivity index (χ3v) is 4.61. The highest BCUT2D eigenvalue weighted by atomic mass is 32.1. The summed E-state index contributed by atoms with van der Waals surface area (Å²) in [5.74, 6) is 2.77. The van der Waals surface area contributed by atoms with Gasteiger partial charge in [0.05, 0.1) is 0 Å². The molecule has 3 nitrogen and oxygen atoms in total. The van der Waals surface area contributed by atoms with E-state index < -0.39 is 0 Å². The fraction of sp³-hybridized carbons (Fsp3) is 0.846. The van der Waals surface area contributed by atoms with E-state index in [1.54, 1.807) is 0 Å². The van der Waals surface area contributed by atoms with Crippen LogP contribution in [-0.2, 0) is 0 Å². The van der Waals surface area contributed by atoms with Crippen LogP contribution in [0, 0.1) is 5.92 Å². The van der Waals surface area contributed by atoms with E-state index in [9.17, 15) is 0 Å². The topological polar surface area (TPSA) is 37.8 Å². The fourth-order valence-electron chi connectivity index (χ4n) is 2.70. The molecule has 1 aromatic rings. The van der Waals surface area contributed by atoms with Crippen molar-refractivity contribution in [3.63, 3.8) is 0 Å². The Bertz CT molecular complexity index is 353. The van der Waals surface area contributed by atoms with Gasteiger partial charge >= 0.3 is 0 Å². The normalized spacial score (nSPS) is 20.9. The molecule has 0 amide bonds. The molecule has 4 heteroatoms. The van der Waals surface area contributed by atoms with Gasteiger partial charge in [-0.3, -0.25) is 0 Å². The highest BCUT2D eigenvalue weighted by Crippen LogP contribution is 2.39. The summed E-state index contributed by atoms with van der Waals surface area (Å²) < 4.78 is 4.40. The molecule has 2 saturated carbocycles. The summed E-state index contributed by atoms with van der Waals surface area (Å²) in [7, 11) is 0. The van der Waals surface area contributed by atoms with Crippen molar-refractivity contribution >= 4 is 16.7 Å². The second-order valence-electron chi connectivity index (χ2n) is 5.45. The molecule has 0 aliphatic heterocycles. The Morgan fingerprint density at radius 1 is 1.18 bits per heavy atom. The second-order valence-corrected chi connectivity index (χ2v) is 6.20. The van der Waals surface area contributed by atoms with Crippen molar-refractivity contribution in [2.45, 2.75) is 57.3 Å². The van der Waals surface area contributed by atoms with E-state index in [1.807, 2.05) is 0 Å². The Morgan fingerprint density at radius 2 is 2.00 bits per heavy atom. The van der Waals surface area contributed by atoms with Crippen LogP contribution < -0.4 is 5.32 Å². The van der Waals surface area contributed by atoms with E-state index >= 15 is 0 Å². The molecule has 2 fully saturated rings. The van der Waals surface area contributed by atoms with E-state index in [0.29, 0.717) is 5.92 Å². The van der Waals surface area contributed by atoms with E-state index in [0.717, 1.165) is 23.4 Å². The van der Waals surface area contributed by atoms with Crippen LogP contribution in [0.25, 0.3) is 0 Å². The van der Waals surface area contributed by atoms with Gasteiger partial charge in [-0.05, 0) is 31.6 Å². The van der Waals surface area contributed by atoms with Crippen LogP contribution in [0.5, 0.6) is 0 Å². The predicted octanol–water partition coefficient (Wildman–Crippen LogP) is 3.80. The Hall–Kier alpha value is -0.640. The summed E-state index contributed by atoms with van der Waals surface area (Å²) in [6.45, 7) is 1.07. The van der Waals surface area contributed by atoms with Gasteiger partial charge < -0.3 is 5.32 Å². The highest BCUT2D eigenvalue weighted by Gasteiger charge is 2.27. The number of hydrogen-bond donors (Lipinski definition) is 1. The maximum Gasteiger partial charge on any atom is 0.202 e. The first-order valence-corrected chi connectivity index (χ1v) is 7.76. The quantitative estimate of drug-likeness (QED) is 0.781. The third-order valence-electron chi connectivity index (χ3n) is 3.92. The molecular formula is C13H21N3S. The Balaban J connectivity index is 1.35. The molecule has 2 aliphatic carbocycles. The fourth-order valence-corrected chi connectivity index (χ4v) is 3.37. The lowest BCUT2D eigenvalue weighted by molar-refractivity contribution is 0.491. The molecular weight excluding hydrogens is 230 g/mol. The molecule has 1 N–H and O–H groups in total. The van der Waals surface area contributed by atoms with Gasteiger partial charge in [0.1, 0.15) is 5.82 Å². The lowest BCUT2D eigenvalue weighted by atomic mass is 10.0. The number of nitrogens with one attached hydrogen (secondary N) is 1. The van der Waals surface area contributed by atoms with Crippen LogP contribution in [0.2, 0.25) is 0 Å². The van der Waals surface area contributed by atoms with E-state index in [-0.39, 0.29) is 0 Å². The smallest absolute Gasteiger partial charge is 0.202 e. The molecule has 0 radical (unpaired) electrons. The molecule has 3 rings (SSSR count). The number of nitrogens with zero attached hydrogens (tertiary/aromatic N) is 2. The van der Waals surface area contributed by atoms with Crippen LogP contribution >= 0.6 is 11.5 Å². The maximum atomic E-state index is 4.54. The summed E-state index contributed by atoms with van der Waals surface area (Å²) >= 11 is 1.53. The van der Waals surface area contributed by atoms with Gasteiger partial charge in [0.2, 0.25) is 5.13 Å². The first kappa shape index (κ1) is 11.5. The largest absolute Gasteiger partial charge is 0.360 e. The molecule has 0 unspecified atom stereocenters. The standard InChI is InChI=1S/C13H21N3S/c1-2-5-10(4-1)6-3-9-14-13-15-12(16-17-13)11-7-8-11/h10-11H,1-9H2,(H,14,15,16). The molecule has 0 bridgehead atoms. The zero-order valence-corrected chi connectivity index (χ0v) is 11.1. The maximum absolute atomic E-state index is 4.54. The summed E-state index contributed by atoms with van der Waals surface area (Å²) in [6, 6.07) is 0. The molecule has 0 spiro atoms. The van der Waals surface area contributed by atoms with Crippen LogP contribution in [0.1, 0.15) is 63.1 Å². The van der Waals surface area contributed by atoms with Crippen molar-refractivity contribution in [2.75, 3.05) is 11.9 Å². The highest BCUT2D eigenvalue weighted by molar-refractivity contribution is 7.09. The number of aromatic nitrogens is 2. The molecule has 94 valence electrons. The van der Waals surface area contributed by atoms with Gasteiger partial charge in [-0.2, -0.15) is 4.37 Å². The summed E-state index contributed by atoms with van der Waals surface area (Å²) in [6.07, 6.45) is 11.1. The van der Waals surface area contributed by atoms with E-state index in [4.69, 9.17) is 0 Å². The monoisotopic (exact) mass is 251 g/mol. The molecule has 0 atom stereocenters. The molecule has 0 aromatic carbocycles. The van der Waals surface area contributed by atoms with Crippen LogP contribution in [0.4, 0.5) is 5.13 Å². The number of rotatable bonds is 6. The number of anilines is 1. The molecule has 1 aromatic heterocycles. The van der Waals surface area contributed by atoms with Crippen molar-refractivity contribution < 1.29 is 0 Å². The van der Waals surface area contributed by atoms with Crippen LogP contribution in [0.15, 0.2) is 0 Å². The van der Waals surface area contributed by atoms with Gasteiger partial charge in [0.15, 0.2) is 0 Å². The van der Waals surface area contributed by atoms with Gasteiger partial charge in [0.25, 0.3) is 0 Å². The lowest BCUT2D eigenvalue weighted by Crippen LogP contribution is -2.04. The first-order chi connectivity index (χ1) is 8.42. The third kappa shape index (κ3) is 3.18. The zero-order chi connectivity index (χ0) is 11.5. The first-order valence-electron chi connectivity index (χ1n) is 6.99. The van der Waals surface area contributed by atoms with E-state index in [1.165, 1.54) is 62.9 Å². The van der Waals surface area contributed by atoms with Gasteiger partial charge in [0, 0.05) is 24.0 Å². The average molecular weight is 251 g/mol. The van der Waals surface area contributed by atoms with Crippen LogP contribution in [0.3, 0.4) is 0 Å². The van der Waals surface area contributed by atoms with Crippen molar-refractivity contribution in [3.8, 4) is 0 Å². The Kier molecular flexibility index (Phi) is 3.60. The van der Waals surface area contributed by atoms with Gasteiger partial charge in [-0.25, -0.2) is 4.98 Å². The Labute approximate surface area is 107 Å². The minimum atomic E-state index is 0.681. The van der Waals surface area contributed by atoms with Crippen LogP contribution in [-0.4, -0.2) is 15.9 Å². The Morgan fingerprint density at radius 3 is 2.76 bits per heavy atom. The van der Waals surface area contributed by atoms with Gasteiger partial charge in [-0.1, -0.05) is 25.7 Å². The van der Waals surface area contributed by atoms with E-state index in [2.05, 4.69) is 14.7 Å². The number of hydrogen-bond acceptors (Lipinski definition) is 4. The molecule has 2 aliphatic rings. The summed E-state index contributed by atoms with van der Waals surface area (Å²) in [5, 5.41) is 4.44. The van der Waals surface area contributed by atoms with Crippen molar-refractivity contribution in [1.82, 2.24) is 9.36 Å². The van der Waals surface area contributed by atoms with Crippen molar-refractivity contribution in [2.24, 2.45) is 5.92 Å². The minimum absolute atomic E-state index is 0.681. The van der Waals surface area contributed by atoms with Crippen molar-refractivity contribution in [1.29, 1.82) is 0 Å². The summed E-state index contributed by atoms with van der Waals surface area (Å²) in [4.78, 5) is 4.54. The SMILES string of the molecule is C1CCC(CCCNc2nc(C3CC3)ns2)C1. The van der Waals surface area contributed by atoms with Gasteiger partial charge in [-0.15, -0.1) is 0 Å². The average Bonchev–Trinajstić information content (AvgIpc) is 2.89. The lowest BCUT2D eigenvalue weighted by Gasteiger charge is -2.08. The zero-order valence-electron chi connectivity index (χ0n) is 10.3. The minimum Gasteiger partial charge on any atom is -0.360 e. The molecule has 17 heavy (non-hydrogen) atoms. The predicted molar refractivity (Wildman–Crippen MR) is 71.6 cm³/mol. The molecule has 0 saturated heterocycles. The second kappa shape index (κ2) is 5.34. The van der Waals surface area contributed by atoms with Crippen molar-refractivity contribution in [3.05, 3.63) is 5.82 Å².